The number of hydrogen-bond donors (Lipinski definition) is 2. The summed E-state index contributed by atoms with van der Waals surface area (Å²) in [4.78, 5) is 12.3. The molecule has 2 heterocycles. The smallest absolute Gasteiger partial charge is 0.241 e. The third-order valence-electron chi connectivity index (χ3n) is 3.62. The van der Waals surface area contributed by atoms with Crippen molar-refractivity contribution in [2.75, 3.05) is 5.32 Å². The number of fused-ring (bicyclic) bond motifs is 1. The largest absolute Gasteiger partial charge is 0.322 e. The van der Waals surface area contributed by atoms with Crippen molar-refractivity contribution in [1.82, 2.24) is 15.1 Å². The summed E-state index contributed by atoms with van der Waals surface area (Å²) < 4.78 is 1.79. The van der Waals surface area contributed by atoms with Gasteiger partial charge in [-0.1, -0.05) is 24.3 Å². The lowest BCUT2D eigenvalue weighted by atomic mass is 9.95. The summed E-state index contributed by atoms with van der Waals surface area (Å²) in [6, 6.07) is 8.05. The third-order valence-corrected chi connectivity index (χ3v) is 3.62. The van der Waals surface area contributed by atoms with Crippen molar-refractivity contribution in [2.45, 2.75) is 32.5 Å². The molecule has 0 fully saturated rings. The van der Waals surface area contributed by atoms with E-state index in [0.29, 0.717) is 0 Å². The number of amides is 1. The Morgan fingerprint density at radius 3 is 3.00 bits per heavy atom. The number of benzene rings is 1. The molecule has 1 aromatic carbocycles. The fraction of sp³-hybridized carbons (Fsp3) is 0.333. The molecule has 1 aliphatic rings. The summed E-state index contributed by atoms with van der Waals surface area (Å²) in [7, 11) is 0. The molecule has 0 unspecified atom stereocenters. The van der Waals surface area contributed by atoms with Crippen LogP contribution >= 0.6 is 0 Å². The highest BCUT2D eigenvalue weighted by Gasteiger charge is 2.24. The summed E-state index contributed by atoms with van der Waals surface area (Å²) in [5.74, 6) is -0.00449. The van der Waals surface area contributed by atoms with Crippen LogP contribution in [-0.4, -0.2) is 21.7 Å². The van der Waals surface area contributed by atoms with E-state index in [-0.39, 0.29) is 11.9 Å². The van der Waals surface area contributed by atoms with Gasteiger partial charge in [-0.05, 0) is 24.5 Å². The number of aromatic nitrogens is 2. The Morgan fingerprint density at radius 1 is 1.45 bits per heavy atom. The zero-order valence-electron chi connectivity index (χ0n) is 11.5. The lowest BCUT2D eigenvalue weighted by Crippen LogP contribution is -2.44. The van der Waals surface area contributed by atoms with Crippen LogP contribution in [0.1, 0.15) is 18.1 Å². The van der Waals surface area contributed by atoms with Crippen LogP contribution in [0, 0.1) is 0 Å². The number of aryl methyl sites for hydroxylation is 1. The number of hydrogen-bond acceptors (Lipinski definition) is 3. The van der Waals surface area contributed by atoms with E-state index in [0.717, 1.165) is 25.2 Å². The summed E-state index contributed by atoms with van der Waals surface area (Å²) in [6.07, 6.45) is 4.25. The van der Waals surface area contributed by atoms with E-state index in [1.807, 2.05) is 25.3 Å². The molecular formula is C15H18N4O. The predicted molar refractivity (Wildman–Crippen MR) is 77.3 cm³/mol. The maximum Gasteiger partial charge on any atom is 0.241 e. The zero-order chi connectivity index (χ0) is 13.9. The van der Waals surface area contributed by atoms with Crippen LogP contribution in [0.15, 0.2) is 36.7 Å². The number of nitrogens with zero attached hydrogens (tertiary/aromatic N) is 2. The number of anilines is 1. The number of carbonyl (C=O) groups is 1. The minimum absolute atomic E-state index is 0.00449. The van der Waals surface area contributed by atoms with Crippen LogP contribution in [-0.2, 0) is 24.3 Å². The van der Waals surface area contributed by atoms with Crippen LogP contribution in [0.4, 0.5) is 5.69 Å². The van der Waals surface area contributed by atoms with Gasteiger partial charge in [-0.2, -0.15) is 5.10 Å². The second-order valence-corrected chi connectivity index (χ2v) is 4.98. The number of rotatable bonds is 3. The van der Waals surface area contributed by atoms with E-state index in [4.69, 9.17) is 0 Å². The normalized spacial score (nSPS) is 17.6. The minimum Gasteiger partial charge on any atom is -0.322 e. The second kappa shape index (κ2) is 5.46. The van der Waals surface area contributed by atoms with Gasteiger partial charge in [-0.25, -0.2) is 0 Å². The van der Waals surface area contributed by atoms with Gasteiger partial charge >= 0.3 is 0 Å². The molecule has 104 valence electrons. The summed E-state index contributed by atoms with van der Waals surface area (Å²) in [5, 5.41) is 10.3. The fourth-order valence-corrected chi connectivity index (χ4v) is 2.47. The molecule has 0 saturated heterocycles. The average molecular weight is 270 g/mol. The van der Waals surface area contributed by atoms with E-state index in [1.54, 1.807) is 10.9 Å². The summed E-state index contributed by atoms with van der Waals surface area (Å²) in [6.45, 7) is 3.55. The molecule has 0 radical (unpaired) electrons. The quantitative estimate of drug-likeness (QED) is 0.889. The molecule has 3 rings (SSSR count). The highest BCUT2D eigenvalue weighted by atomic mass is 16.2. The molecule has 1 amide bonds. The molecule has 5 heteroatoms. The van der Waals surface area contributed by atoms with E-state index >= 15 is 0 Å². The molecule has 2 N–H and O–H groups in total. The molecule has 5 nitrogen and oxygen atoms in total. The van der Waals surface area contributed by atoms with Gasteiger partial charge in [0.25, 0.3) is 0 Å². The predicted octanol–water partition coefficient (Wildman–Crippen LogP) is 1.56. The van der Waals surface area contributed by atoms with Crippen molar-refractivity contribution in [3.8, 4) is 0 Å². The van der Waals surface area contributed by atoms with Crippen molar-refractivity contribution in [1.29, 1.82) is 0 Å². The molecule has 0 saturated carbocycles. The van der Waals surface area contributed by atoms with Gasteiger partial charge in [0, 0.05) is 19.3 Å². The van der Waals surface area contributed by atoms with Gasteiger partial charge in [0.1, 0.15) is 0 Å². The standard InChI is InChI=1S/C15H18N4O/c1-2-19-10-13(9-17-19)18-15(20)14-7-11-5-3-4-6-12(11)8-16-14/h3-6,9-10,14,16H,2,7-8H2,1H3,(H,18,20)/t14-/m0/s1. The monoisotopic (exact) mass is 270 g/mol. The Labute approximate surface area is 118 Å². The van der Waals surface area contributed by atoms with Crippen molar-refractivity contribution in [3.63, 3.8) is 0 Å². The SMILES string of the molecule is CCn1cc(NC(=O)[C@@H]2Cc3ccccc3CN2)cn1. The van der Waals surface area contributed by atoms with Crippen molar-refractivity contribution < 1.29 is 4.79 Å². The Morgan fingerprint density at radius 2 is 2.25 bits per heavy atom. The first-order valence-corrected chi connectivity index (χ1v) is 6.89. The van der Waals surface area contributed by atoms with Gasteiger partial charge in [-0.15, -0.1) is 0 Å². The van der Waals surface area contributed by atoms with Crippen LogP contribution in [0.2, 0.25) is 0 Å². The molecule has 1 aromatic heterocycles. The van der Waals surface area contributed by atoms with E-state index in [9.17, 15) is 4.79 Å². The lowest BCUT2D eigenvalue weighted by Gasteiger charge is -2.25. The number of carbonyl (C=O) groups excluding carboxylic acids is 1. The van der Waals surface area contributed by atoms with E-state index in [2.05, 4.69) is 27.9 Å². The van der Waals surface area contributed by atoms with Gasteiger partial charge in [0.2, 0.25) is 5.91 Å². The summed E-state index contributed by atoms with van der Waals surface area (Å²) in [5.41, 5.74) is 3.27. The Kier molecular flexibility index (Phi) is 3.52. The van der Waals surface area contributed by atoms with Crippen LogP contribution in [0.25, 0.3) is 0 Å². The Hall–Kier alpha value is -2.14. The maximum absolute atomic E-state index is 12.3. The molecule has 0 aliphatic carbocycles. The second-order valence-electron chi connectivity index (χ2n) is 4.98. The first kappa shape index (κ1) is 12.9. The van der Waals surface area contributed by atoms with Crippen molar-refractivity contribution in [2.24, 2.45) is 0 Å². The molecule has 0 bridgehead atoms. The Bertz CT molecular complexity index is 620. The highest BCUT2D eigenvalue weighted by Crippen LogP contribution is 2.17. The molecule has 1 atom stereocenters. The van der Waals surface area contributed by atoms with Crippen LogP contribution in [0.3, 0.4) is 0 Å². The minimum atomic E-state index is -0.185. The van der Waals surface area contributed by atoms with Gasteiger partial charge < -0.3 is 10.6 Å². The molecule has 0 spiro atoms. The number of nitrogens with one attached hydrogen (secondary N) is 2. The third kappa shape index (κ3) is 2.58. The van der Waals surface area contributed by atoms with Gasteiger partial charge in [-0.3, -0.25) is 9.48 Å². The summed E-state index contributed by atoms with van der Waals surface area (Å²) >= 11 is 0. The molecule has 2 aromatic rings. The first-order chi connectivity index (χ1) is 9.76. The van der Waals surface area contributed by atoms with Crippen LogP contribution in [0.5, 0.6) is 0 Å². The van der Waals surface area contributed by atoms with E-state index in [1.165, 1.54) is 11.1 Å². The first-order valence-electron chi connectivity index (χ1n) is 6.89. The van der Waals surface area contributed by atoms with Gasteiger partial charge in [0.15, 0.2) is 0 Å². The maximum atomic E-state index is 12.3. The highest BCUT2D eigenvalue weighted by molar-refractivity contribution is 5.95. The van der Waals surface area contributed by atoms with Crippen LogP contribution < -0.4 is 10.6 Å². The molecule has 1 aliphatic heterocycles. The topological polar surface area (TPSA) is 59.0 Å². The van der Waals surface area contributed by atoms with Gasteiger partial charge in [0.05, 0.1) is 17.9 Å². The Balaban J connectivity index is 1.67. The van der Waals surface area contributed by atoms with Crippen molar-refractivity contribution in [3.05, 3.63) is 47.8 Å². The molecule has 20 heavy (non-hydrogen) atoms. The lowest BCUT2D eigenvalue weighted by molar-refractivity contribution is -0.118. The average Bonchev–Trinajstić information content (AvgIpc) is 2.94. The van der Waals surface area contributed by atoms with Crippen molar-refractivity contribution >= 4 is 11.6 Å². The molecular weight excluding hydrogens is 252 g/mol. The zero-order valence-corrected chi connectivity index (χ0v) is 11.5. The fourth-order valence-electron chi connectivity index (χ4n) is 2.47. The van der Waals surface area contributed by atoms with E-state index < -0.39 is 0 Å².